The molecule has 1 fully saturated rings. The number of carbonyl (C=O) groups excluding carboxylic acids is 2. The molecule has 1 aliphatic rings. The van der Waals surface area contributed by atoms with E-state index in [1.54, 1.807) is 22.0 Å². The molecule has 2 aromatic carbocycles. The fourth-order valence-electron chi connectivity index (χ4n) is 4.25. The van der Waals surface area contributed by atoms with Gasteiger partial charge in [0.05, 0.1) is 19.8 Å². The minimum Gasteiger partial charge on any atom is -0.464 e. The Morgan fingerprint density at radius 1 is 0.892 bits per heavy atom. The quantitative estimate of drug-likeness (QED) is 0.372. The Morgan fingerprint density at radius 3 is 2.27 bits per heavy atom. The molecule has 7 heteroatoms. The molecule has 4 rings (SSSR count). The summed E-state index contributed by atoms with van der Waals surface area (Å²) in [5, 5.41) is 0. The Hall–Kier alpha value is -3.68. The van der Waals surface area contributed by atoms with Gasteiger partial charge in [0.15, 0.2) is 0 Å². The second-order valence-corrected chi connectivity index (χ2v) is 9.21. The molecule has 0 unspecified atom stereocenters. The number of carbonyl (C=O) groups is 2. The van der Waals surface area contributed by atoms with Crippen LogP contribution in [0, 0.1) is 6.92 Å². The first kappa shape index (κ1) is 26.4. The highest BCUT2D eigenvalue weighted by Gasteiger charge is 2.23. The molecule has 0 atom stereocenters. The molecule has 0 bridgehead atoms. The Morgan fingerprint density at radius 2 is 1.59 bits per heavy atom. The van der Waals surface area contributed by atoms with E-state index < -0.39 is 0 Å². The van der Waals surface area contributed by atoms with Crippen LogP contribution in [0.4, 0.5) is 0 Å². The normalized spacial score (nSPS) is 14.1. The summed E-state index contributed by atoms with van der Waals surface area (Å²) in [6.07, 6.45) is 3.35. The molecule has 2 amide bonds. The molecular formula is C30H35N3O4. The monoisotopic (exact) mass is 501 g/mol. The zero-order valence-electron chi connectivity index (χ0n) is 21.4. The van der Waals surface area contributed by atoms with Gasteiger partial charge in [-0.05, 0) is 36.3 Å². The Balaban J connectivity index is 1.49. The van der Waals surface area contributed by atoms with Crippen molar-refractivity contribution in [1.29, 1.82) is 0 Å². The topological polar surface area (TPSA) is 66.2 Å². The molecule has 3 aromatic rings. The van der Waals surface area contributed by atoms with E-state index in [1.165, 1.54) is 0 Å². The van der Waals surface area contributed by atoms with E-state index >= 15 is 0 Å². The second-order valence-electron chi connectivity index (χ2n) is 9.21. The van der Waals surface area contributed by atoms with E-state index in [2.05, 4.69) is 4.90 Å². The van der Waals surface area contributed by atoms with Crippen molar-refractivity contribution in [2.75, 3.05) is 45.9 Å². The maximum Gasteiger partial charge on any atom is 0.247 e. The molecular weight excluding hydrogens is 466 g/mol. The van der Waals surface area contributed by atoms with Crippen molar-refractivity contribution in [1.82, 2.24) is 14.7 Å². The highest BCUT2D eigenvalue weighted by atomic mass is 16.5. The van der Waals surface area contributed by atoms with Gasteiger partial charge in [0.25, 0.3) is 0 Å². The predicted molar refractivity (Wildman–Crippen MR) is 143 cm³/mol. The summed E-state index contributed by atoms with van der Waals surface area (Å²) in [7, 11) is 0. The smallest absolute Gasteiger partial charge is 0.247 e. The van der Waals surface area contributed by atoms with Crippen LogP contribution in [0.1, 0.15) is 22.6 Å². The van der Waals surface area contributed by atoms with Crippen LogP contribution in [0.25, 0.3) is 6.08 Å². The SMILES string of the molecule is Cc1ccc(CN(Cc2ccccc2)C(=O)CN(CCN2CCOCC2)C(=O)C=Cc2ccccc2)o1. The maximum atomic E-state index is 13.6. The van der Waals surface area contributed by atoms with E-state index in [-0.39, 0.29) is 18.4 Å². The molecule has 0 radical (unpaired) electrons. The number of amides is 2. The number of benzene rings is 2. The van der Waals surface area contributed by atoms with Gasteiger partial charge in [0, 0.05) is 38.8 Å². The number of ether oxygens (including phenoxy) is 1. The largest absolute Gasteiger partial charge is 0.464 e. The van der Waals surface area contributed by atoms with Gasteiger partial charge in [-0.25, -0.2) is 0 Å². The van der Waals surface area contributed by atoms with Gasteiger partial charge >= 0.3 is 0 Å². The molecule has 1 aromatic heterocycles. The number of morpholine rings is 1. The highest BCUT2D eigenvalue weighted by molar-refractivity contribution is 5.94. The van der Waals surface area contributed by atoms with Crippen LogP contribution >= 0.6 is 0 Å². The first-order chi connectivity index (χ1) is 18.1. The van der Waals surface area contributed by atoms with E-state index in [9.17, 15) is 9.59 Å². The lowest BCUT2D eigenvalue weighted by Gasteiger charge is -2.31. The number of hydrogen-bond acceptors (Lipinski definition) is 5. The molecule has 194 valence electrons. The van der Waals surface area contributed by atoms with E-state index in [0.29, 0.717) is 39.4 Å². The molecule has 37 heavy (non-hydrogen) atoms. The van der Waals surface area contributed by atoms with Gasteiger partial charge in [0.2, 0.25) is 11.8 Å². The van der Waals surface area contributed by atoms with E-state index in [1.807, 2.05) is 79.7 Å². The van der Waals surface area contributed by atoms with Crippen LogP contribution in [-0.2, 0) is 27.4 Å². The summed E-state index contributed by atoms with van der Waals surface area (Å²) >= 11 is 0. The van der Waals surface area contributed by atoms with Crippen LogP contribution in [0.3, 0.4) is 0 Å². The molecule has 0 spiro atoms. The van der Waals surface area contributed by atoms with Crippen molar-refractivity contribution < 1.29 is 18.7 Å². The summed E-state index contributed by atoms with van der Waals surface area (Å²) in [5.41, 5.74) is 1.96. The Bertz CT molecular complexity index is 1150. The molecule has 0 saturated carbocycles. The van der Waals surface area contributed by atoms with E-state index in [4.69, 9.17) is 9.15 Å². The van der Waals surface area contributed by atoms with Crippen molar-refractivity contribution >= 4 is 17.9 Å². The van der Waals surface area contributed by atoms with Crippen LogP contribution in [0.5, 0.6) is 0 Å². The minimum absolute atomic E-state index is 0.00513. The zero-order chi connectivity index (χ0) is 25.9. The van der Waals surface area contributed by atoms with E-state index in [0.717, 1.165) is 35.7 Å². The number of aryl methyl sites for hydroxylation is 1. The van der Waals surface area contributed by atoms with Gasteiger partial charge in [-0.15, -0.1) is 0 Å². The van der Waals surface area contributed by atoms with Crippen molar-refractivity contribution in [3.05, 3.63) is 102 Å². The van der Waals surface area contributed by atoms with Gasteiger partial charge < -0.3 is 19.0 Å². The van der Waals surface area contributed by atoms with Crippen molar-refractivity contribution in [2.45, 2.75) is 20.0 Å². The lowest BCUT2D eigenvalue weighted by atomic mass is 10.2. The minimum atomic E-state index is -0.182. The average molecular weight is 502 g/mol. The molecule has 0 N–H and O–H groups in total. The van der Waals surface area contributed by atoms with Gasteiger partial charge in [0.1, 0.15) is 18.1 Å². The number of hydrogen-bond donors (Lipinski definition) is 0. The fourth-order valence-corrected chi connectivity index (χ4v) is 4.25. The molecule has 2 heterocycles. The molecule has 1 saturated heterocycles. The van der Waals surface area contributed by atoms with Gasteiger partial charge in [-0.1, -0.05) is 60.7 Å². The van der Waals surface area contributed by atoms with Crippen molar-refractivity contribution in [3.63, 3.8) is 0 Å². The van der Waals surface area contributed by atoms with Crippen LogP contribution < -0.4 is 0 Å². The number of rotatable bonds is 11. The lowest BCUT2D eigenvalue weighted by molar-refractivity contribution is -0.139. The summed E-state index contributed by atoms with van der Waals surface area (Å²) in [5.74, 6) is 1.22. The van der Waals surface area contributed by atoms with Gasteiger partial charge in [-0.3, -0.25) is 14.5 Å². The van der Waals surface area contributed by atoms with Crippen molar-refractivity contribution in [3.8, 4) is 0 Å². The maximum absolute atomic E-state index is 13.6. The zero-order valence-corrected chi connectivity index (χ0v) is 21.4. The van der Waals surface area contributed by atoms with Crippen LogP contribution in [0.2, 0.25) is 0 Å². The summed E-state index contributed by atoms with van der Waals surface area (Å²) < 4.78 is 11.2. The van der Waals surface area contributed by atoms with Crippen LogP contribution in [0.15, 0.2) is 83.3 Å². The Kier molecular flexibility index (Phi) is 9.68. The van der Waals surface area contributed by atoms with Crippen molar-refractivity contribution in [2.24, 2.45) is 0 Å². The first-order valence-corrected chi connectivity index (χ1v) is 12.8. The third-order valence-electron chi connectivity index (χ3n) is 6.36. The predicted octanol–water partition coefficient (Wildman–Crippen LogP) is 3.99. The molecule has 7 nitrogen and oxygen atoms in total. The molecule has 0 aliphatic carbocycles. The summed E-state index contributed by atoms with van der Waals surface area (Å²) in [6.45, 7) is 6.84. The average Bonchev–Trinajstić information content (AvgIpc) is 3.35. The summed E-state index contributed by atoms with van der Waals surface area (Å²) in [4.78, 5) is 32.6. The standard InChI is InChI=1S/C30H35N3O4/c1-25-12-14-28(37-25)23-33(22-27-10-6-3-7-11-27)30(35)24-32(17-16-31-18-20-36-21-19-31)29(34)15-13-26-8-4-2-5-9-26/h2-15H,16-24H2,1H3. The number of nitrogens with zero attached hydrogens (tertiary/aromatic N) is 3. The second kappa shape index (κ2) is 13.6. The fraction of sp³-hybridized carbons (Fsp3) is 0.333. The number of furan rings is 1. The third kappa shape index (κ3) is 8.44. The van der Waals surface area contributed by atoms with Gasteiger partial charge in [-0.2, -0.15) is 0 Å². The Labute approximate surface area is 218 Å². The summed E-state index contributed by atoms with van der Waals surface area (Å²) in [6, 6.07) is 23.4. The first-order valence-electron chi connectivity index (χ1n) is 12.8. The highest BCUT2D eigenvalue weighted by Crippen LogP contribution is 2.14. The van der Waals surface area contributed by atoms with Crippen LogP contribution in [-0.4, -0.2) is 72.5 Å². The lowest BCUT2D eigenvalue weighted by Crippen LogP contribution is -2.46. The molecule has 1 aliphatic heterocycles. The third-order valence-corrected chi connectivity index (χ3v) is 6.36.